The number of fused-ring (bicyclic) bond motifs is 2. The van der Waals surface area contributed by atoms with Crippen molar-refractivity contribution in [3.63, 3.8) is 0 Å². The van der Waals surface area contributed by atoms with Gasteiger partial charge in [-0.3, -0.25) is 4.98 Å². The lowest BCUT2D eigenvalue weighted by atomic mass is 9.86. The average Bonchev–Trinajstić information content (AvgIpc) is 2.99. The molecule has 0 fully saturated rings. The Bertz CT molecular complexity index is 1320. The summed E-state index contributed by atoms with van der Waals surface area (Å²) in [4.78, 5) is 4.49. The highest BCUT2D eigenvalue weighted by Gasteiger charge is 2.15. The molecule has 1 aromatic heterocycles. The highest BCUT2D eigenvalue weighted by molar-refractivity contribution is 5.91. The Hall–Kier alpha value is -3.99. The van der Waals surface area contributed by atoms with Crippen molar-refractivity contribution in [3.05, 3.63) is 109 Å². The summed E-state index contributed by atoms with van der Waals surface area (Å²) in [5, 5.41) is 8.33. The van der Waals surface area contributed by atoms with Gasteiger partial charge in [0.25, 0.3) is 0 Å². The van der Waals surface area contributed by atoms with E-state index in [2.05, 4.69) is 104 Å². The summed E-state index contributed by atoms with van der Waals surface area (Å²) >= 11 is 0. The molecule has 4 rings (SSSR count). The summed E-state index contributed by atoms with van der Waals surface area (Å²) in [6.07, 6.45) is 15.8. The molecule has 5 nitrogen and oxygen atoms in total. The van der Waals surface area contributed by atoms with E-state index in [1.165, 1.54) is 84.5 Å². The Morgan fingerprint density at radius 3 is 2.27 bits per heavy atom. The first-order valence-electron chi connectivity index (χ1n) is 16.4. The number of anilines is 2. The molecule has 44 heavy (non-hydrogen) atoms. The number of unbranched alkanes of at least 4 members (excludes halogenated alkanes) is 5. The minimum Gasteiger partial charge on any atom is -0.405 e. The largest absolute Gasteiger partial charge is 0.405 e. The van der Waals surface area contributed by atoms with Crippen molar-refractivity contribution < 1.29 is 0 Å². The number of hydrogen-bond donors (Lipinski definition) is 4. The number of rotatable bonds is 13. The van der Waals surface area contributed by atoms with Crippen LogP contribution in [0.1, 0.15) is 95.8 Å². The molecule has 0 aliphatic heterocycles. The van der Waals surface area contributed by atoms with Gasteiger partial charge in [0.2, 0.25) is 0 Å². The zero-order chi connectivity index (χ0) is 32.7. The molecule has 240 valence electrons. The zero-order valence-corrected chi connectivity index (χ0v) is 28.3. The van der Waals surface area contributed by atoms with Crippen LogP contribution < -0.4 is 22.1 Å². The second-order valence-electron chi connectivity index (χ2n) is 11.0. The lowest BCUT2D eigenvalue weighted by Gasteiger charge is -2.21. The zero-order valence-electron chi connectivity index (χ0n) is 28.3. The van der Waals surface area contributed by atoms with Crippen molar-refractivity contribution in [3.8, 4) is 0 Å². The van der Waals surface area contributed by atoms with Crippen LogP contribution in [-0.4, -0.2) is 18.1 Å². The van der Waals surface area contributed by atoms with Crippen molar-refractivity contribution in [2.45, 2.75) is 92.4 Å². The van der Waals surface area contributed by atoms with Gasteiger partial charge in [0.05, 0.1) is 5.52 Å². The molecule has 0 saturated heterocycles. The van der Waals surface area contributed by atoms with Gasteiger partial charge in [-0.1, -0.05) is 109 Å². The number of pyridine rings is 1. The van der Waals surface area contributed by atoms with Crippen molar-refractivity contribution >= 4 is 27.9 Å². The molecule has 0 atom stereocenters. The van der Waals surface area contributed by atoms with Crippen molar-refractivity contribution in [1.29, 1.82) is 0 Å². The topological polar surface area (TPSA) is 89.0 Å². The van der Waals surface area contributed by atoms with Gasteiger partial charge in [-0.2, -0.15) is 0 Å². The van der Waals surface area contributed by atoms with E-state index in [0.717, 1.165) is 48.4 Å². The fourth-order valence-electron chi connectivity index (χ4n) is 4.99. The molecule has 0 spiro atoms. The standard InChI is InChI=1S/C32H40N4.C3H8.C2H5N.C2H6/c1-23-10-12-30-31(14-17-36-32(30)20-23)35-16-9-7-5-4-6-8-15-34-25(3)21-26-18-24(2)19-27-22-28(33)11-13-29(26)27;1-3-2;1-2-3;1-2/h10-14,17-18,20,22,34H,2-9,15-16,19,21,33H2,1H3,(H,35,36);3H2,1-2H3;2H,1,3H2;1-2H3. The number of hydrogen-bond acceptors (Lipinski definition) is 5. The quantitative estimate of drug-likeness (QED) is 0.116. The van der Waals surface area contributed by atoms with E-state index in [4.69, 9.17) is 5.73 Å². The molecule has 0 radical (unpaired) electrons. The molecular formula is C39H59N5. The third kappa shape index (κ3) is 14.0. The molecule has 1 heterocycles. The van der Waals surface area contributed by atoms with Crippen LogP contribution in [0.15, 0.2) is 91.9 Å². The van der Waals surface area contributed by atoms with E-state index in [-0.39, 0.29) is 0 Å². The average molecular weight is 598 g/mol. The smallest absolute Gasteiger partial charge is 0.0725 e. The number of allylic oxidation sites excluding steroid dienone is 3. The van der Waals surface area contributed by atoms with Gasteiger partial charge in [0.15, 0.2) is 0 Å². The van der Waals surface area contributed by atoms with E-state index in [1.807, 2.05) is 26.1 Å². The maximum Gasteiger partial charge on any atom is 0.0725 e. The lowest BCUT2D eigenvalue weighted by Crippen LogP contribution is -2.15. The molecule has 3 aromatic rings. The van der Waals surface area contributed by atoms with Crippen LogP contribution in [-0.2, 0) is 6.42 Å². The molecule has 0 saturated carbocycles. The van der Waals surface area contributed by atoms with Gasteiger partial charge in [-0.05, 0) is 78.9 Å². The first-order valence-corrected chi connectivity index (χ1v) is 16.4. The minimum absolute atomic E-state index is 0.813. The molecule has 1 aliphatic rings. The fraction of sp³-hybridized carbons (Fsp3) is 0.410. The third-order valence-corrected chi connectivity index (χ3v) is 6.87. The Balaban J connectivity index is 0.00000110. The van der Waals surface area contributed by atoms with Crippen molar-refractivity contribution in [2.75, 3.05) is 24.1 Å². The predicted molar refractivity (Wildman–Crippen MR) is 198 cm³/mol. The number of benzene rings is 2. The van der Waals surface area contributed by atoms with Crippen LogP contribution in [0.4, 0.5) is 11.4 Å². The van der Waals surface area contributed by atoms with Gasteiger partial charge in [-0.25, -0.2) is 0 Å². The number of aromatic nitrogens is 1. The van der Waals surface area contributed by atoms with Crippen LogP contribution in [0.5, 0.6) is 0 Å². The van der Waals surface area contributed by atoms with E-state index in [9.17, 15) is 0 Å². The normalized spacial score (nSPS) is 11.3. The lowest BCUT2D eigenvalue weighted by molar-refractivity contribution is 0.587. The summed E-state index contributed by atoms with van der Waals surface area (Å²) in [6.45, 7) is 23.9. The number of nitrogen functional groups attached to an aromatic ring is 1. The Morgan fingerprint density at radius 1 is 0.955 bits per heavy atom. The van der Waals surface area contributed by atoms with Crippen LogP contribution in [0, 0.1) is 6.92 Å². The molecule has 1 aliphatic carbocycles. The Labute approximate surface area is 268 Å². The molecular weight excluding hydrogens is 538 g/mol. The second-order valence-corrected chi connectivity index (χ2v) is 11.0. The summed E-state index contributed by atoms with van der Waals surface area (Å²) in [7, 11) is 0. The van der Waals surface area contributed by atoms with Gasteiger partial charge in [0, 0.05) is 48.2 Å². The van der Waals surface area contributed by atoms with Crippen LogP contribution >= 0.6 is 0 Å². The molecule has 0 bridgehead atoms. The van der Waals surface area contributed by atoms with E-state index >= 15 is 0 Å². The number of nitrogens with two attached hydrogens (primary N) is 2. The summed E-state index contributed by atoms with van der Waals surface area (Å²) < 4.78 is 0. The monoisotopic (exact) mass is 597 g/mol. The molecule has 0 unspecified atom stereocenters. The van der Waals surface area contributed by atoms with Crippen LogP contribution in [0.2, 0.25) is 0 Å². The summed E-state index contributed by atoms with van der Waals surface area (Å²) in [6, 6.07) is 14.7. The summed E-state index contributed by atoms with van der Waals surface area (Å²) in [5.41, 5.74) is 20.9. The van der Waals surface area contributed by atoms with Crippen molar-refractivity contribution in [1.82, 2.24) is 10.3 Å². The van der Waals surface area contributed by atoms with E-state index in [1.54, 1.807) is 0 Å². The van der Waals surface area contributed by atoms with Gasteiger partial charge < -0.3 is 22.1 Å². The summed E-state index contributed by atoms with van der Waals surface area (Å²) in [5.74, 6) is 0. The molecule has 2 aromatic carbocycles. The van der Waals surface area contributed by atoms with Crippen LogP contribution in [0.25, 0.3) is 16.5 Å². The maximum atomic E-state index is 5.98. The maximum absolute atomic E-state index is 5.98. The van der Waals surface area contributed by atoms with Crippen molar-refractivity contribution in [2.24, 2.45) is 5.73 Å². The van der Waals surface area contributed by atoms with E-state index < -0.39 is 0 Å². The number of aryl methyl sites for hydroxylation is 1. The first-order chi connectivity index (χ1) is 21.3. The molecule has 6 N–H and O–H groups in total. The highest BCUT2D eigenvalue weighted by atomic mass is 14.9. The number of nitrogens with one attached hydrogen (secondary N) is 2. The second kappa shape index (κ2) is 22.5. The predicted octanol–water partition coefficient (Wildman–Crippen LogP) is 10.1. The fourth-order valence-corrected chi connectivity index (χ4v) is 4.99. The van der Waals surface area contributed by atoms with Gasteiger partial charge in [-0.15, -0.1) is 0 Å². The van der Waals surface area contributed by atoms with Gasteiger partial charge >= 0.3 is 0 Å². The highest BCUT2D eigenvalue weighted by Crippen LogP contribution is 2.33. The Morgan fingerprint density at radius 2 is 1.59 bits per heavy atom. The number of nitrogens with zero attached hydrogens (tertiary/aromatic N) is 1. The minimum atomic E-state index is 0.813. The third-order valence-electron chi connectivity index (χ3n) is 6.87. The van der Waals surface area contributed by atoms with Crippen LogP contribution in [0.3, 0.4) is 0 Å². The van der Waals surface area contributed by atoms with E-state index in [0.29, 0.717) is 0 Å². The van der Waals surface area contributed by atoms with Gasteiger partial charge in [0.1, 0.15) is 0 Å². The molecule has 0 amide bonds. The Kier molecular flexibility index (Phi) is 19.5. The SMILES string of the molecule is C=C1C=C(CC(=C)NCCCCCCCCNc2ccnc3cc(C)ccc23)c2ccc(N)cc2C1.C=CN.CC.CCC. The molecule has 5 heteroatoms. The first kappa shape index (κ1) is 38.0.